The van der Waals surface area contributed by atoms with Gasteiger partial charge in [0.15, 0.2) is 0 Å². The summed E-state index contributed by atoms with van der Waals surface area (Å²) in [5, 5.41) is 1.46. The number of carbonyl (C=O) groups excluding carboxylic acids is 2. The maximum absolute atomic E-state index is 12.7. The molecule has 2 amide bonds. The largest absolute Gasteiger partial charge is 0.495 e. The standard InChI is InChI=1S/C17H16BrNO3/c1-3-4-8-19-16(20)11-7-5-6-10-14(11)12(17(19)21)9-13(18)15(10)22-2/h5-7,9H,3-4,8H2,1-2H3. The van der Waals surface area contributed by atoms with Crippen LogP contribution in [0.4, 0.5) is 0 Å². The zero-order valence-corrected chi connectivity index (χ0v) is 14.1. The average molecular weight is 362 g/mol. The van der Waals surface area contributed by atoms with Crippen molar-refractivity contribution in [1.82, 2.24) is 4.90 Å². The van der Waals surface area contributed by atoms with Crippen LogP contribution in [0.15, 0.2) is 28.7 Å². The van der Waals surface area contributed by atoms with Crippen molar-refractivity contribution in [2.75, 3.05) is 13.7 Å². The van der Waals surface area contributed by atoms with Crippen molar-refractivity contribution in [1.29, 1.82) is 0 Å². The van der Waals surface area contributed by atoms with Gasteiger partial charge in [0.25, 0.3) is 11.8 Å². The van der Waals surface area contributed by atoms with Gasteiger partial charge in [0.05, 0.1) is 17.1 Å². The van der Waals surface area contributed by atoms with E-state index in [4.69, 9.17) is 4.74 Å². The Kier molecular flexibility index (Phi) is 3.91. The lowest BCUT2D eigenvalue weighted by molar-refractivity contribution is 0.0608. The highest BCUT2D eigenvalue weighted by Gasteiger charge is 2.33. The third kappa shape index (κ3) is 2.11. The summed E-state index contributed by atoms with van der Waals surface area (Å²) in [5.41, 5.74) is 1.11. The molecule has 0 atom stereocenters. The molecule has 1 aliphatic rings. The number of rotatable bonds is 4. The Morgan fingerprint density at radius 1 is 1.18 bits per heavy atom. The van der Waals surface area contributed by atoms with Crippen LogP contribution in [0, 0.1) is 0 Å². The molecule has 1 aliphatic heterocycles. The van der Waals surface area contributed by atoms with Crippen LogP contribution in [0.2, 0.25) is 0 Å². The first-order chi connectivity index (χ1) is 10.6. The Balaban J connectivity index is 2.28. The van der Waals surface area contributed by atoms with E-state index in [9.17, 15) is 9.59 Å². The summed E-state index contributed by atoms with van der Waals surface area (Å²) < 4.78 is 6.13. The van der Waals surface area contributed by atoms with Gasteiger partial charge in [0.2, 0.25) is 0 Å². The Hall–Kier alpha value is -1.88. The molecule has 22 heavy (non-hydrogen) atoms. The predicted molar refractivity (Wildman–Crippen MR) is 88.5 cm³/mol. The normalized spacial score (nSPS) is 13.9. The van der Waals surface area contributed by atoms with Crippen LogP contribution in [0.5, 0.6) is 5.75 Å². The van der Waals surface area contributed by atoms with E-state index in [0.29, 0.717) is 33.3 Å². The highest BCUT2D eigenvalue weighted by Crippen LogP contribution is 2.40. The van der Waals surface area contributed by atoms with Crippen molar-refractivity contribution in [3.8, 4) is 5.75 Å². The molecule has 0 saturated carbocycles. The highest BCUT2D eigenvalue weighted by atomic mass is 79.9. The van der Waals surface area contributed by atoms with Gasteiger partial charge in [-0.2, -0.15) is 0 Å². The second kappa shape index (κ2) is 5.72. The van der Waals surface area contributed by atoms with E-state index in [1.807, 2.05) is 19.1 Å². The Morgan fingerprint density at radius 3 is 2.59 bits per heavy atom. The average Bonchev–Trinajstić information content (AvgIpc) is 2.52. The van der Waals surface area contributed by atoms with Gasteiger partial charge in [-0.1, -0.05) is 25.5 Å². The molecule has 3 rings (SSSR count). The monoisotopic (exact) mass is 361 g/mol. The number of methoxy groups -OCH3 is 1. The molecule has 0 unspecified atom stereocenters. The fraction of sp³-hybridized carbons (Fsp3) is 0.294. The molecule has 0 aromatic heterocycles. The third-order valence-corrected chi connectivity index (χ3v) is 4.55. The lowest BCUT2D eigenvalue weighted by Gasteiger charge is -2.28. The smallest absolute Gasteiger partial charge is 0.261 e. The van der Waals surface area contributed by atoms with Crippen LogP contribution in [0.1, 0.15) is 40.5 Å². The third-order valence-electron chi connectivity index (χ3n) is 3.96. The molecule has 2 aromatic rings. The summed E-state index contributed by atoms with van der Waals surface area (Å²) in [6.07, 6.45) is 1.74. The van der Waals surface area contributed by atoms with E-state index in [0.717, 1.165) is 18.2 Å². The zero-order valence-electron chi connectivity index (χ0n) is 12.5. The lowest BCUT2D eigenvalue weighted by Crippen LogP contribution is -2.40. The summed E-state index contributed by atoms with van der Waals surface area (Å²) in [7, 11) is 1.58. The molecule has 0 radical (unpaired) electrons. The van der Waals surface area contributed by atoms with Crippen molar-refractivity contribution in [2.24, 2.45) is 0 Å². The van der Waals surface area contributed by atoms with Gasteiger partial charge in [-0.05, 0) is 34.5 Å². The van der Waals surface area contributed by atoms with Crippen LogP contribution < -0.4 is 4.74 Å². The molecule has 0 bridgehead atoms. The van der Waals surface area contributed by atoms with E-state index in [1.165, 1.54) is 4.90 Å². The number of imide groups is 1. The van der Waals surface area contributed by atoms with E-state index in [-0.39, 0.29) is 11.8 Å². The molecular weight excluding hydrogens is 346 g/mol. The van der Waals surface area contributed by atoms with Crippen molar-refractivity contribution in [3.05, 3.63) is 39.9 Å². The molecule has 0 N–H and O–H groups in total. The van der Waals surface area contributed by atoms with Gasteiger partial charge >= 0.3 is 0 Å². The van der Waals surface area contributed by atoms with Gasteiger partial charge in [-0.3, -0.25) is 14.5 Å². The van der Waals surface area contributed by atoms with Crippen LogP contribution in [0.25, 0.3) is 10.8 Å². The van der Waals surface area contributed by atoms with Crippen LogP contribution in [-0.4, -0.2) is 30.4 Å². The van der Waals surface area contributed by atoms with E-state index < -0.39 is 0 Å². The minimum atomic E-state index is -0.231. The molecule has 0 saturated heterocycles. The minimum Gasteiger partial charge on any atom is -0.495 e. The van der Waals surface area contributed by atoms with Crippen LogP contribution >= 0.6 is 15.9 Å². The molecule has 0 aliphatic carbocycles. The van der Waals surface area contributed by atoms with E-state index >= 15 is 0 Å². The summed E-state index contributed by atoms with van der Waals surface area (Å²) in [6.45, 7) is 2.49. The Labute approximate surface area is 137 Å². The first-order valence-electron chi connectivity index (χ1n) is 7.25. The van der Waals surface area contributed by atoms with Crippen molar-refractivity contribution in [2.45, 2.75) is 19.8 Å². The number of nitrogens with zero attached hydrogens (tertiary/aromatic N) is 1. The first kappa shape index (κ1) is 15.0. The lowest BCUT2D eigenvalue weighted by atomic mass is 9.93. The second-order valence-corrected chi connectivity index (χ2v) is 6.14. The van der Waals surface area contributed by atoms with Crippen molar-refractivity contribution in [3.63, 3.8) is 0 Å². The first-order valence-corrected chi connectivity index (χ1v) is 8.04. The molecule has 0 spiro atoms. The maximum atomic E-state index is 12.7. The van der Waals surface area contributed by atoms with Gasteiger partial charge in [0, 0.05) is 22.9 Å². The fourth-order valence-electron chi connectivity index (χ4n) is 2.88. The minimum absolute atomic E-state index is 0.221. The van der Waals surface area contributed by atoms with Gasteiger partial charge < -0.3 is 4.74 Å². The number of hydrogen-bond acceptors (Lipinski definition) is 3. The topological polar surface area (TPSA) is 46.6 Å². The van der Waals surface area contributed by atoms with Crippen LogP contribution in [-0.2, 0) is 0 Å². The predicted octanol–water partition coefficient (Wildman–Crippen LogP) is 4.01. The van der Waals surface area contributed by atoms with E-state index in [1.54, 1.807) is 19.2 Å². The molecule has 0 fully saturated rings. The second-order valence-electron chi connectivity index (χ2n) is 5.28. The number of ether oxygens (including phenoxy) is 1. The number of amides is 2. The molecular formula is C17H16BrNO3. The summed E-state index contributed by atoms with van der Waals surface area (Å²) in [5.74, 6) is 0.189. The SMILES string of the molecule is CCCCN1C(=O)c2cccc3c(OC)c(Br)cc(c23)C1=O. The summed E-state index contributed by atoms with van der Waals surface area (Å²) in [6, 6.07) is 7.21. The molecule has 2 aromatic carbocycles. The number of unbranched alkanes of at least 4 members (excludes halogenated alkanes) is 1. The molecule has 114 valence electrons. The summed E-state index contributed by atoms with van der Waals surface area (Å²) >= 11 is 3.45. The number of halogens is 1. The van der Waals surface area contributed by atoms with Gasteiger partial charge in [0.1, 0.15) is 5.75 Å². The number of benzene rings is 2. The molecule has 1 heterocycles. The fourth-order valence-corrected chi connectivity index (χ4v) is 3.49. The maximum Gasteiger partial charge on any atom is 0.261 e. The molecule has 4 nitrogen and oxygen atoms in total. The van der Waals surface area contributed by atoms with Crippen LogP contribution in [0.3, 0.4) is 0 Å². The van der Waals surface area contributed by atoms with Crippen molar-refractivity contribution < 1.29 is 14.3 Å². The van der Waals surface area contributed by atoms with Gasteiger partial charge in [-0.15, -0.1) is 0 Å². The number of hydrogen-bond donors (Lipinski definition) is 0. The van der Waals surface area contributed by atoms with E-state index in [2.05, 4.69) is 15.9 Å². The van der Waals surface area contributed by atoms with Crippen molar-refractivity contribution >= 4 is 38.5 Å². The summed E-state index contributed by atoms with van der Waals surface area (Å²) in [4.78, 5) is 26.7. The Morgan fingerprint density at radius 2 is 1.91 bits per heavy atom. The van der Waals surface area contributed by atoms with Gasteiger partial charge in [-0.25, -0.2) is 0 Å². The Bertz CT molecular complexity index is 785. The molecule has 5 heteroatoms. The zero-order chi connectivity index (χ0) is 15.9. The highest BCUT2D eigenvalue weighted by molar-refractivity contribution is 9.10. The quantitative estimate of drug-likeness (QED) is 0.773. The number of carbonyl (C=O) groups is 2.